The maximum absolute atomic E-state index is 11.8. The van der Waals surface area contributed by atoms with Crippen molar-refractivity contribution in [2.75, 3.05) is 13.7 Å². The second kappa shape index (κ2) is 6.23. The van der Waals surface area contributed by atoms with E-state index < -0.39 is 0 Å². The van der Waals surface area contributed by atoms with Crippen molar-refractivity contribution >= 4 is 5.91 Å². The van der Waals surface area contributed by atoms with E-state index in [9.17, 15) is 4.79 Å². The Morgan fingerprint density at radius 2 is 2.25 bits per heavy atom. The van der Waals surface area contributed by atoms with Gasteiger partial charge in [0.25, 0.3) is 0 Å². The van der Waals surface area contributed by atoms with E-state index in [4.69, 9.17) is 4.74 Å². The van der Waals surface area contributed by atoms with Crippen molar-refractivity contribution in [3.63, 3.8) is 0 Å². The van der Waals surface area contributed by atoms with E-state index in [1.165, 1.54) is 7.11 Å². The molecule has 0 N–H and O–H groups in total. The largest absolute Gasteiger partial charge is 0.375 e. The fraction of sp³-hybridized carbons (Fsp3) is 0.500. The van der Waals surface area contributed by atoms with E-state index in [0.717, 1.165) is 5.69 Å². The van der Waals surface area contributed by atoms with Crippen LogP contribution in [0, 0.1) is 0 Å². The lowest BCUT2D eigenvalue weighted by Crippen LogP contribution is -2.38. The molecular formula is C12H18N2O2. The molecule has 1 rings (SSSR count). The fourth-order valence-corrected chi connectivity index (χ4v) is 1.43. The number of amides is 1. The van der Waals surface area contributed by atoms with Gasteiger partial charge in [-0.3, -0.25) is 9.78 Å². The summed E-state index contributed by atoms with van der Waals surface area (Å²) < 4.78 is 4.86. The molecule has 0 saturated carbocycles. The zero-order valence-corrected chi connectivity index (χ0v) is 10.0. The minimum atomic E-state index is -0.0110. The van der Waals surface area contributed by atoms with Gasteiger partial charge < -0.3 is 9.64 Å². The third kappa shape index (κ3) is 3.62. The highest BCUT2D eigenvalue weighted by molar-refractivity contribution is 5.77. The predicted octanol–water partition coefficient (Wildman–Crippen LogP) is 1.46. The quantitative estimate of drug-likeness (QED) is 0.757. The van der Waals surface area contributed by atoms with Crippen molar-refractivity contribution in [2.24, 2.45) is 0 Å². The summed E-state index contributed by atoms with van der Waals surface area (Å²) in [6, 6.07) is 5.83. The molecule has 1 heterocycles. The molecule has 0 fully saturated rings. The second-order valence-corrected chi connectivity index (χ2v) is 3.87. The van der Waals surface area contributed by atoms with Crippen LogP contribution in [0.2, 0.25) is 0 Å². The van der Waals surface area contributed by atoms with Crippen LogP contribution >= 0.6 is 0 Å². The Bertz CT molecular complexity index is 325. The fourth-order valence-electron chi connectivity index (χ4n) is 1.43. The van der Waals surface area contributed by atoms with Gasteiger partial charge in [-0.15, -0.1) is 0 Å². The van der Waals surface area contributed by atoms with Crippen LogP contribution < -0.4 is 0 Å². The van der Waals surface area contributed by atoms with Crippen LogP contribution in [0.1, 0.15) is 19.5 Å². The Hall–Kier alpha value is -1.42. The van der Waals surface area contributed by atoms with Crippen LogP contribution in [-0.2, 0) is 16.1 Å². The summed E-state index contributed by atoms with van der Waals surface area (Å²) in [5, 5.41) is 0. The van der Waals surface area contributed by atoms with E-state index >= 15 is 0 Å². The molecule has 1 amide bonds. The highest BCUT2D eigenvalue weighted by atomic mass is 16.5. The van der Waals surface area contributed by atoms with Gasteiger partial charge in [0.1, 0.15) is 6.61 Å². The van der Waals surface area contributed by atoms with Crippen molar-refractivity contribution < 1.29 is 9.53 Å². The average Bonchev–Trinajstić information content (AvgIpc) is 2.27. The molecule has 0 radical (unpaired) electrons. The first-order chi connectivity index (χ1) is 7.65. The number of carbonyl (C=O) groups is 1. The van der Waals surface area contributed by atoms with Gasteiger partial charge in [0.05, 0.1) is 12.2 Å². The molecule has 4 heteroatoms. The molecule has 0 aliphatic rings. The minimum Gasteiger partial charge on any atom is -0.375 e. The van der Waals surface area contributed by atoms with Gasteiger partial charge >= 0.3 is 0 Å². The first kappa shape index (κ1) is 12.6. The van der Waals surface area contributed by atoms with Crippen molar-refractivity contribution in [3.8, 4) is 0 Å². The van der Waals surface area contributed by atoms with Crippen LogP contribution in [-0.4, -0.2) is 35.5 Å². The minimum absolute atomic E-state index is 0.0110. The summed E-state index contributed by atoms with van der Waals surface area (Å²) in [5.74, 6) is -0.0110. The molecule has 0 spiro atoms. The van der Waals surface area contributed by atoms with E-state index in [-0.39, 0.29) is 18.6 Å². The van der Waals surface area contributed by atoms with Gasteiger partial charge in [0.2, 0.25) is 5.91 Å². The molecule has 0 unspecified atom stereocenters. The maximum Gasteiger partial charge on any atom is 0.249 e. The predicted molar refractivity (Wildman–Crippen MR) is 61.8 cm³/mol. The number of methoxy groups -OCH3 is 1. The molecule has 0 saturated heterocycles. The number of hydrogen-bond donors (Lipinski definition) is 0. The van der Waals surface area contributed by atoms with Crippen LogP contribution in [0.15, 0.2) is 24.4 Å². The summed E-state index contributed by atoms with van der Waals surface area (Å²) in [7, 11) is 1.52. The zero-order valence-electron chi connectivity index (χ0n) is 10.0. The van der Waals surface area contributed by atoms with Gasteiger partial charge in [-0.2, -0.15) is 0 Å². The normalized spacial score (nSPS) is 10.5. The highest BCUT2D eigenvalue weighted by Gasteiger charge is 2.17. The number of pyridine rings is 1. The lowest BCUT2D eigenvalue weighted by atomic mass is 10.2. The van der Waals surface area contributed by atoms with Crippen molar-refractivity contribution in [1.29, 1.82) is 0 Å². The lowest BCUT2D eigenvalue weighted by molar-refractivity contribution is -0.137. The van der Waals surface area contributed by atoms with Crippen LogP contribution in [0.3, 0.4) is 0 Å². The standard InChI is InChI=1S/C12H18N2O2/c1-10(2)14(12(15)9-16-3)8-11-6-4-5-7-13-11/h4-7,10H,8-9H2,1-3H3. The SMILES string of the molecule is COCC(=O)N(Cc1ccccn1)C(C)C. The lowest BCUT2D eigenvalue weighted by Gasteiger charge is -2.26. The molecular weight excluding hydrogens is 204 g/mol. The van der Waals surface area contributed by atoms with Crippen molar-refractivity contribution in [2.45, 2.75) is 26.4 Å². The number of carbonyl (C=O) groups excluding carboxylic acids is 1. The van der Waals surface area contributed by atoms with E-state index in [1.54, 1.807) is 11.1 Å². The summed E-state index contributed by atoms with van der Waals surface area (Å²) in [5.41, 5.74) is 0.889. The number of ether oxygens (including phenoxy) is 1. The third-order valence-corrected chi connectivity index (χ3v) is 2.27. The molecule has 0 aromatic carbocycles. The van der Waals surface area contributed by atoms with Crippen molar-refractivity contribution in [1.82, 2.24) is 9.88 Å². The molecule has 88 valence electrons. The van der Waals surface area contributed by atoms with E-state index in [2.05, 4.69) is 4.98 Å². The average molecular weight is 222 g/mol. The second-order valence-electron chi connectivity index (χ2n) is 3.87. The molecule has 0 bridgehead atoms. The Balaban J connectivity index is 2.69. The third-order valence-electron chi connectivity index (χ3n) is 2.27. The number of hydrogen-bond acceptors (Lipinski definition) is 3. The van der Waals surface area contributed by atoms with Crippen LogP contribution in [0.5, 0.6) is 0 Å². The molecule has 1 aromatic rings. The Kier molecular flexibility index (Phi) is 4.92. The summed E-state index contributed by atoms with van der Waals surface area (Å²) in [6.45, 7) is 4.61. The Labute approximate surface area is 96.2 Å². The zero-order chi connectivity index (χ0) is 12.0. The molecule has 0 aliphatic carbocycles. The van der Waals surface area contributed by atoms with Gasteiger partial charge in [0, 0.05) is 19.3 Å². The topological polar surface area (TPSA) is 42.4 Å². The van der Waals surface area contributed by atoms with Gasteiger partial charge in [-0.25, -0.2) is 0 Å². The van der Waals surface area contributed by atoms with E-state index in [1.807, 2.05) is 32.0 Å². The first-order valence-corrected chi connectivity index (χ1v) is 5.33. The van der Waals surface area contributed by atoms with Crippen LogP contribution in [0.25, 0.3) is 0 Å². The molecule has 1 aromatic heterocycles. The summed E-state index contributed by atoms with van der Waals surface area (Å²) in [4.78, 5) is 17.7. The number of aromatic nitrogens is 1. The first-order valence-electron chi connectivity index (χ1n) is 5.33. The number of rotatable bonds is 5. The summed E-state index contributed by atoms with van der Waals surface area (Å²) >= 11 is 0. The monoisotopic (exact) mass is 222 g/mol. The highest BCUT2D eigenvalue weighted by Crippen LogP contribution is 2.06. The summed E-state index contributed by atoms with van der Waals surface area (Å²) in [6.07, 6.45) is 1.73. The molecule has 4 nitrogen and oxygen atoms in total. The number of nitrogens with zero attached hydrogens (tertiary/aromatic N) is 2. The molecule has 0 aliphatic heterocycles. The van der Waals surface area contributed by atoms with Crippen LogP contribution in [0.4, 0.5) is 0 Å². The van der Waals surface area contributed by atoms with Gasteiger partial charge in [-0.1, -0.05) is 6.07 Å². The molecule has 0 atom stereocenters. The van der Waals surface area contributed by atoms with E-state index in [0.29, 0.717) is 6.54 Å². The Morgan fingerprint density at radius 3 is 2.75 bits per heavy atom. The smallest absolute Gasteiger partial charge is 0.249 e. The maximum atomic E-state index is 11.8. The molecule has 16 heavy (non-hydrogen) atoms. The van der Waals surface area contributed by atoms with Crippen molar-refractivity contribution in [3.05, 3.63) is 30.1 Å². The van der Waals surface area contributed by atoms with Gasteiger partial charge in [0.15, 0.2) is 0 Å². The van der Waals surface area contributed by atoms with Gasteiger partial charge in [-0.05, 0) is 26.0 Å². The Morgan fingerprint density at radius 1 is 1.50 bits per heavy atom.